The molecule has 2 aliphatic heterocycles. The van der Waals surface area contributed by atoms with Crippen molar-refractivity contribution in [3.63, 3.8) is 0 Å². The largest absolute Gasteiger partial charge is 0.478 e. The van der Waals surface area contributed by atoms with Crippen LogP contribution in [0.15, 0.2) is 51.6 Å². The molecule has 3 aromatic rings. The second-order valence-electron chi connectivity index (χ2n) is 12.5. The van der Waals surface area contributed by atoms with Gasteiger partial charge in [0.05, 0.1) is 36.1 Å². The first-order valence-electron chi connectivity index (χ1n) is 14.7. The van der Waals surface area contributed by atoms with Crippen LogP contribution < -0.4 is 21.0 Å². The van der Waals surface area contributed by atoms with E-state index in [9.17, 15) is 39.4 Å². The van der Waals surface area contributed by atoms with E-state index in [0.29, 0.717) is 16.9 Å². The van der Waals surface area contributed by atoms with Crippen LogP contribution in [0.5, 0.6) is 0 Å². The second kappa shape index (κ2) is 12.5. The van der Waals surface area contributed by atoms with Gasteiger partial charge in [0.25, 0.3) is 5.56 Å². The summed E-state index contributed by atoms with van der Waals surface area (Å²) >= 11 is 0. The van der Waals surface area contributed by atoms with E-state index in [1.54, 1.807) is 47.4 Å². The van der Waals surface area contributed by atoms with Crippen LogP contribution in [0, 0.1) is 13.8 Å². The van der Waals surface area contributed by atoms with Gasteiger partial charge in [-0.2, -0.15) is 0 Å². The lowest BCUT2D eigenvalue weighted by molar-refractivity contribution is -0.132. The minimum atomic E-state index is -4.99. The Kier molecular flexibility index (Phi) is 9.12. The van der Waals surface area contributed by atoms with E-state index in [1.165, 1.54) is 4.90 Å². The smallest absolute Gasteiger partial charge is 0.469 e. The number of phosphoric ester groups is 1. The monoisotopic (exact) mass is 672 g/mol. The number of aliphatic hydroxyl groups excluding tert-OH is 3. The maximum atomic E-state index is 13.7. The summed E-state index contributed by atoms with van der Waals surface area (Å²) < 4.78 is 15.4. The van der Waals surface area contributed by atoms with Crippen LogP contribution >= 0.6 is 7.82 Å². The Balaban J connectivity index is 1.73. The summed E-state index contributed by atoms with van der Waals surface area (Å²) in [6.07, 6.45) is -3.89. The number of hydrogen-bond donors (Lipinski definition) is 8. The van der Waals surface area contributed by atoms with Gasteiger partial charge >= 0.3 is 19.5 Å². The van der Waals surface area contributed by atoms with Crippen molar-refractivity contribution >= 4 is 42.7 Å². The number of aromatic amines is 2. The number of aromatic nitrogens is 2. The van der Waals surface area contributed by atoms with Crippen molar-refractivity contribution in [3.05, 3.63) is 85.1 Å². The van der Waals surface area contributed by atoms with Crippen molar-refractivity contribution in [1.82, 2.24) is 9.97 Å². The molecule has 2 aliphatic rings. The molecule has 47 heavy (non-hydrogen) atoms. The van der Waals surface area contributed by atoms with Crippen LogP contribution in [0.4, 0.5) is 22.9 Å². The number of aliphatic carboxylic acids is 1. The summed E-state index contributed by atoms with van der Waals surface area (Å²) in [4.78, 5) is 65.1. The van der Waals surface area contributed by atoms with Gasteiger partial charge in [-0.25, -0.2) is 14.2 Å². The number of carboxylic acids is 1. The molecule has 2 aromatic carbocycles. The van der Waals surface area contributed by atoms with Gasteiger partial charge in [0.2, 0.25) is 0 Å². The van der Waals surface area contributed by atoms with Crippen molar-refractivity contribution in [2.24, 2.45) is 0 Å². The predicted molar refractivity (Wildman–Crippen MR) is 172 cm³/mol. The first kappa shape index (κ1) is 34.3. The zero-order valence-corrected chi connectivity index (χ0v) is 26.9. The van der Waals surface area contributed by atoms with Crippen LogP contribution in [-0.4, -0.2) is 83.7 Å². The number of phosphoric acid groups is 1. The van der Waals surface area contributed by atoms with Crippen molar-refractivity contribution in [2.75, 3.05) is 23.0 Å². The first-order chi connectivity index (χ1) is 21.9. The molecule has 3 heterocycles. The predicted octanol–water partition coefficient (Wildman–Crippen LogP) is 1.68. The van der Waals surface area contributed by atoms with E-state index >= 15 is 0 Å². The number of benzene rings is 2. The number of H-pyrrole nitrogens is 2. The van der Waals surface area contributed by atoms with Crippen LogP contribution in [0.2, 0.25) is 0 Å². The van der Waals surface area contributed by atoms with E-state index in [-0.39, 0.29) is 23.5 Å². The lowest BCUT2D eigenvalue weighted by Crippen LogP contribution is -2.52. The number of aryl methyl sites for hydroxylation is 1. The zero-order chi connectivity index (χ0) is 34.6. The molecule has 252 valence electrons. The van der Waals surface area contributed by atoms with Crippen molar-refractivity contribution in [1.29, 1.82) is 0 Å². The summed E-state index contributed by atoms with van der Waals surface area (Å²) in [5.41, 5.74) is 1.50. The molecule has 0 aliphatic carbocycles. The van der Waals surface area contributed by atoms with Gasteiger partial charge in [-0.15, -0.1) is 0 Å². The van der Waals surface area contributed by atoms with E-state index in [0.717, 1.165) is 16.7 Å². The number of anilines is 4. The molecule has 0 bridgehead atoms. The number of nitrogens with one attached hydrogen (secondary N) is 2. The van der Waals surface area contributed by atoms with Gasteiger partial charge in [0.15, 0.2) is 0 Å². The number of rotatable bonds is 10. The van der Waals surface area contributed by atoms with Crippen molar-refractivity contribution in [2.45, 2.75) is 63.9 Å². The van der Waals surface area contributed by atoms with Crippen LogP contribution in [0.25, 0.3) is 6.08 Å². The lowest BCUT2D eigenvalue weighted by atomic mass is 9.69. The fraction of sp³-hybridized carbons (Fsp3) is 0.387. The number of hydrogen-bond acceptors (Lipinski definition) is 10. The molecule has 5 rings (SSSR count). The molecule has 4 atom stereocenters. The number of aliphatic hydroxyl groups is 3. The van der Waals surface area contributed by atoms with Crippen molar-refractivity contribution < 1.29 is 44.1 Å². The number of carbonyl (C=O) groups is 1. The highest BCUT2D eigenvalue weighted by molar-refractivity contribution is 7.46. The topological polar surface area (TPSA) is 237 Å². The van der Waals surface area contributed by atoms with Gasteiger partial charge in [0, 0.05) is 0 Å². The third-order valence-electron chi connectivity index (χ3n) is 8.73. The maximum Gasteiger partial charge on any atom is 0.469 e. The average molecular weight is 673 g/mol. The molecular weight excluding hydrogens is 635 g/mol. The third-order valence-corrected chi connectivity index (χ3v) is 9.22. The molecule has 0 spiro atoms. The van der Waals surface area contributed by atoms with Gasteiger partial charge in [-0.1, -0.05) is 44.2 Å². The molecule has 8 N–H and O–H groups in total. The molecule has 0 saturated heterocycles. The Labute approximate surface area is 268 Å². The SMILES string of the molecule is Cc1cc2c3c(c1C)C(C)(C)C[C@@H](/C(=C/c1ccccc1)C(=O)O)N3c1c([nH]c(=O)[nH]c1=O)N2C[C@H](O)[C@H](O)[C@H](O)COP(=O)(O)O. The van der Waals surface area contributed by atoms with Crippen molar-refractivity contribution in [3.8, 4) is 0 Å². The Morgan fingerprint density at radius 2 is 1.74 bits per heavy atom. The van der Waals surface area contributed by atoms with E-state index in [2.05, 4.69) is 14.5 Å². The molecule has 1 aromatic heterocycles. The quantitative estimate of drug-likeness (QED) is 0.113. The fourth-order valence-corrected chi connectivity index (χ4v) is 6.91. The highest BCUT2D eigenvalue weighted by Crippen LogP contribution is 2.57. The Morgan fingerprint density at radius 3 is 2.36 bits per heavy atom. The maximum absolute atomic E-state index is 13.7. The second-order valence-corrected chi connectivity index (χ2v) is 13.7. The third kappa shape index (κ3) is 6.56. The molecule has 0 fully saturated rings. The first-order valence-corrected chi connectivity index (χ1v) is 16.3. The number of nitrogens with zero attached hydrogens (tertiary/aromatic N) is 2. The molecular formula is C31H37N4O11P. The molecule has 15 nitrogen and oxygen atoms in total. The highest BCUT2D eigenvalue weighted by Gasteiger charge is 2.49. The summed E-state index contributed by atoms with van der Waals surface area (Å²) in [7, 11) is -4.99. The molecule has 0 saturated carbocycles. The summed E-state index contributed by atoms with van der Waals surface area (Å²) in [5.74, 6) is -1.31. The number of carboxylic acid groups (broad SMARTS) is 1. The average Bonchev–Trinajstić information content (AvgIpc) is 2.98. The Bertz CT molecular complexity index is 1900. The van der Waals surface area contributed by atoms with Gasteiger partial charge < -0.3 is 40.0 Å². The van der Waals surface area contributed by atoms with Gasteiger partial charge in [-0.05, 0) is 60.1 Å². The van der Waals surface area contributed by atoms with E-state index < -0.39 is 68.0 Å². The minimum absolute atomic E-state index is 0.00672. The summed E-state index contributed by atoms with van der Waals surface area (Å²) in [6.45, 7) is 6.20. The number of fused-ring (bicyclic) bond motifs is 2. The molecule has 0 amide bonds. The molecule has 16 heteroatoms. The lowest BCUT2D eigenvalue weighted by Gasteiger charge is -2.51. The minimum Gasteiger partial charge on any atom is -0.478 e. The standard InChI is InChI=1S/C31H37N4O11P/c1-15-10-19-24-23(16(15)2)31(3,4)12-20(18(29(40)41)11-17-8-6-5-7-9-17)35(24)25-27(32-30(42)33-28(25)39)34(19)13-21(36)26(38)22(37)14-46-47(43,44)45/h5-11,20-22,26,36-38H,12-14H2,1-4H3,(H,40,41)(H2,43,44,45)(H2,32,33,39,42)/b18-11-/t20-,21-,22+,26-/m0/s1. The Morgan fingerprint density at radius 1 is 1.09 bits per heavy atom. The van der Waals surface area contributed by atoms with E-state index in [1.807, 2.05) is 27.7 Å². The van der Waals surface area contributed by atoms with Gasteiger partial charge in [0.1, 0.15) is 29.8 Å². The van der Waals surface area contributed by atoms with Crippen LogP contribution in [0.1, 0.15) is 42.5 Å². The van der Waals surface area contributed by atoms with E-state index in [4.69, 9.17) is 9.79 Å². The van der Waals surface area contributed by atoms with Crippen LogP contribution in [-0.2, 0) is 19.3 Å². The molecule has 0 unspecified atom stereocenters. The normalized spacial score (nSPS) is 19.1. The fourth-order valence-electron chi connectivity index (χ4n) is 6.56. The van der Waals surface area contributed by atoms with Crippen LogP contribution in [0.3, 0.4) is 0 Å². The summed E-state index contributed by atoms with van der Waals surface area (Å²) in [6, 6.07) is 9.71. The molecule has 0 radical (unpaired) electrons. The zero-order valence-electron chi connectivity index (χ0n) is 26.0. The Hall–Kier alpha value is -4.08. The van der Waals surface area contributed by atoms with Gasteiger partial charge in [-0.3, -0.25) is 19.3 Å². The number of β-amino-alcohol motifs (C(OH)–C–C–N with tert-alkyl or cyclic N) is 1. The highest BCUT2D eigenvalue weighted by atomic mass is 31.2. The summed E-state index contributed by atoms with van der Waals surface area (Å²) in [5, 5.41) is 42.7.